The van der Waals surface area contributed by atoms with Crippen molar-refractivity contribution in [2.45, 2.75) is 36.6 Å². The highest BCUT2D eigenvalue weighted by Crippen LogP contribution is 2.26. The summed E-state index contributed by atoms with van der Waals surface area (Å²) in [5, 5.41) is 0. The third kappa shape index (κ3) is 3.29. The Balaban J connectivity index is 2.05. The van der Waals surface area contributed by atoms with Gasteiger partial charge in [-0.3, -0.25) is 0 Å². The minimum atomic E-state index is -3.30. The van der Waals surface area contributed by atoms with Gasteiger partial charge >= 0.3 is 0 Å². The molecule has 18 heavy (non-hydrogen) atoms. The van der Waals surface area contributed by atoms with E-state index in [9.17, 15) is 12.8 Å². The van der Waals surface area contributed by atoms with Crippen LogP contribution in [0.4, 0.5) is 4.39 Å². The standard InChI is InChI=1S/C13H18FNO2S/c14-11-3-7-13(8-4-11)18(16,17)9-10-1-5-12(15)6-2-10/h3-4,7-8,10,12H,1-2,5-6,9,15H2. The fraction of sp³-hybridized carbons (Fsp3) is 0.538. The third-order valence-corrected chi connectivity index (χ3v) is 5.42. The van der Waals surface area contributed by atoms with Crippen LogP contribution in [0.15, 0.2) is 29.2 Å². The molecule has 100 valence electrons. The van der Waals surface area contributed by atoms with Crippen molar-refractivity contribution in [3.05, 3.63) is 30.1 Å². The lowest BCUT2D eigenvalue weighted by Crippen LogP contribution is -2.29. The molecule has 1 aromatic carbocycles. The van der Waals surface area contributed by atoms with Crippen LogP contribution in [-0.4, -0.2) is 20.2 Å². The van der Waals surface area contributed by atoms with Crippen LogP contribution in [0.5, 0.6) is 0 Å². The molecule has 1 aromatic rings. The quantitative estimate of drug-likeness (QED) is 0.857. The number of nitrogens with two attached hydrogens (primary N) is 1. The number of benzene rings is 1. The van der Waals surface area contributed by atoms with E-state index in [-0.39, 0.29) is 22.6 Å². The topological polar surface area (TPSA) is 60.2 Å². The molecule has 0 heterocycles. The lowest BCUT2D eigenvalue weighted by molar-refractivity contribution is 0.348. The van der Waals surface area contributed by atoms with Gasteiger partial charge in [0.1, 0.15) is 5.82 Å². The molecular weight excluding hydrogens is 253 g/mol. The maximum atomic E-state index is 12.8. The second kappa shape index (κ2) is 5.36. The van der Waals surface area contributed by atoms with Crippen LogP contribution in [0.3, 0.4) is 0 Å². The van der Waals surface area contributed by atoms with E-state index in [0.717, 1.165) is 25.7 Å². The molecule has 0 spiro atoms. The summed E-state index contributed by atoms with van der Waals surface area (Å²) in [6.45, 7) is 0. The van der Waals surface area contributed by atoms with Crippen LogP contribution in [0, 0.1) is 11.7 Å². The minimum absolute atomic E-state index is 0.144. The highest BCUT2D eigenvalue weighted by atomic mass is 32.2. The van der Waals surface area contributed by atoms with Crippen molar-refractivity contribution in [1.29, 1.82) is 0 Å². The smallest absolute Gasteiger partial charge is 0.178 e. The van der Waals surface area contributed by atoms with Gasteiger partial charge in [0.15, 0.2) is 9.84 Å². The van der Waals surface area contributed by atoms with E-state index in [2.05, 4.69) is 0 Å². The normalized spacial score (nSPS) is 25.0. The lowest BCUT2D eigenvalue weighted by atomic mass is 9.88. The highest BCUT2D eigenvalue weighted by molar-refractivity contribution is 7.91. The summed E-state index contributed by atoms with van der Waals surface area (Å²) in [7, 11) is -3.30. The van der Waals surface area contributed by atoms with Crippen molar-refractivity contribution >= 4 is 9.84 Å². The van der Waals surface area contributed by atoms with E-state index < -0.39 is 15.7 Å². The summed E-state index contributed by atoms with van der Waals surface area (Å²) < 4.78 is 37.0. The molecule has 0 radical (unpaired) electrons. The molecule has 1 aliphatic rings. The van der Waals surface area contributed by atoms with Gasteiger partial charge in [-0.05, 0) is 55.9 Å². The Morgan fingerprint density at radius 3 is 2.22 bits per heavy atom. The number of hydrogen-bond acceptors (Lipinski definition) is 3. The zero-order valence-electron chi connectivity index (χ0n) is 10.2. The zero-order valence-corrected chi connectivity index (χ0v) is 11.0. The number of hydrogen-bond donors (Lipinski definition) is 1. The van der Waals surface area contributed by atoms with Gasteiger partial charge in [-0.1, -0.05) is 0 Å². The maximum Gasteiger partial charge on any atom is 0.178 e. The first-order chi connectivity index (χ1) is 8.47. The van der Waals surface area contributed by atoms with Crippen molar-refractivity contribution in [1.82, 2.24) is 0 Å². The van der Waals surface area contributed by atoms with E-state index in [4.69, 9.17) is 5.73 Å². The van der Waals surface area contributed by atoms with Gasteiger partial charge in [0.2, 0.25) is 0 Å². The summed E-state index contributed by atoms with van der Waals surface area (Å²) >= 11 is 0. The molecule has 0 aliphatic heterocycles. The summed E-state index contributed by atoms with van der Waals surface area (Å²) in [4.78, 5) is 0.207. The molecule has 2 rings (SSSR count). The molecule has 0 amide bonds. The first-order valence-electron chi connectivity index (χ1n) is 6.21. The van der Waals surface area contributed by atoms with Gasteiger partial charge in [-0.2, -0.15) is 0 Å². The molecular formula is C13H18FNO2S. The predicted molar refractivity (Wildman–Crippen MR) is 68.4 cm³/mol. The van der Waals surface area contributed by atoms with Crippen molar-refractivity contribution in [2.75, 3.05) is 5.75 Å². The van der Waals surface area contributed by atoms with Gasteiger partial charge < -0.3 is 5.73 Å². The Kier molecular flexibility index (Phi) is 4.02. The van der Waals surface area contributed by atoms with E-state index in [0.29, 0.717) is 0 Å². The Hall–Kier alpha value is -0.940. The fourth-order valence-corrected chi connectivity index (χ4v) is 4.10. The Bertz CT molecular complexity index is 490. The van der Waals surface area contributed by atoms with E-state index >= 15 is 0 Å². The molecule has 5 heteroatoms. The van der Waals surface area contributed by atoms with Gasteiger partial charge in [0.25, 0.3) is 0 Å². The highest BCUT2D eigenvalue weighted by Gasteiger charge is 2.25. The predicted octanol–water partition coefficient (Wildman–Crippen LogP) is 2.12. The Morgan fingerprint density at radius 1 is 1.11 bits per heavy atom. The molecule has 1 saturated carbocycles. The van der Waals surface area contributed by atoms with Crippen LogP contribution < -0.4 is 5.73 Å². The van der Waals surface area contributed by atoms with E-state index in [1.165, 1.54) is 24.3 Å². The van der Waals surface area contributed by atoms with Crippen LogP contribution in [0.2, 0.25) is 0 Å². The first-order valence-corrected chi connectivity index (χ1v) is 7.86. The second-order valence-electron chi connectivity index (χ2n) is 5.02. The lowest BCUT2D eigenvalue weighted by Gasteiger charge is -2.25. The largest absolute Gasteiger partial charge is 0.328 e. The number of sulfone groups is 1. The number of halogens is 1. The van der Waals surface area contributed by atoms with Gasteiger partial charge in [0, 0.05) is 6.04 Å². The van der Waals surface area contributed by atoms with Crippen LogP contribution in [-0.2, 0) is 9.84 Å². The zero-order chi connectivity index (χ0) is 13.2. The molecule has 0 aromatic heterocycles. The van der Waals surface area contributed by atoms with Gasteiger partial charge in [-0.15, -0.1) is 0 Å². The van der Waals surface area contributed by atoms with Crippen LogP contribution in [0.25, 0.3) is 0 Å². The van der Waals surface area contributed by atoms with Crippen molar-refractivity contribution in [3.63, 3.8) is 0 Å². The summed E-state index contributed by atoms with van der Waals surface area (Å²) in [5.41, 5.74) is 5.80. The first kappa shape index (κ1) is 13.5. The minimum Gasteiger partial charge on any atom is -0.328 e. The van der Waals surface area contributed by atoms with Crippen LogP contribution in [0.1, 0.15) is 25.7 Å². The molecule has 0 saturated heterocycles. The summed E-state index contributed by atoms with van der Waals surface area (Å²) in [6.07, 6.45) is 3.51. The molecule has 0 unspecified atom stereocenters. The fourth-order valence-electron chi connectivity index (χ4n) is 2.40. The summed E-state index contributed by atoms with van der Waals surface area (Å²) in [5.74, 6) is -0.0943. The van der Waals surface area contributed by atoms with Crippen molar-refractivity contribution in [2.24, 2.45) is 11.7 Å². The van der Waals surface area contributed by atoms with Crippen molar-refractivity contribution in [3.8, 4) is 0 Å². The molecule has 1 fully saturated rings. The third-order valence-electron chi connectivity index (χ3n) is 3.52. The molecule has 1 aliphatic carbocycles. The Labute approximate surface area is 107 Å². The average Bonchev–Trinajstić information content (AvgIpc) is 2.32. The maximum absolute atomic E-state index is 12.8. The van der Waals surface area contributed by atoms with Gasteiger partial charge in [0.05, 0.1) is 10.6 Å². The molecule has 3 nitrogen and oxygen atoms in total. The molecule has 0 bridgehead atoms. The second-order valence-corrected chi connectivity index (χ2v) is 7.05. The average molecular weight is 271 g/mol. The van der Waals surface area contributed by atoms with E-state index in [1.807, 2.05) is 0 Å². The number of rotatable bonds is 3. The molecule has 2 N–H and O–H groups in total. The SMILES string of the molecule is NC1CCC(CS(=O)(=O)c2ccc(F)cc2)CC1. The summed E-state index contributed by atoms with van der Waals surface area (Å²) in [6, 6.07) is 5.25. The Morgan fingerprint density at radius 2 is 1.67 bits per heavy atom. The monoisotopic (exact) mass is 271 g/mol. The van der Waals surface area contributed by atoms with Gasteiger partial charge in [-0.25, -0.2) is 12.8 Å². The van der Waals surface area contributed by atoms with E-state index in [1.54, 1.807) is 0 Å². The molecule has 0 atom stereocenters. The van der Waals surface area contributed by atoms with Crippen molar-refractivity contribution < 1.29 is 12.8 Å². The van der Waals surface area contributed by atoms with Crippen LogP contribution >= 0.6 is 0 Å².